The predicted octanol–water partition coefficient (Wildman–Crippen LogP) is 3.03. The maximum Gasteiger partial charge on any atom is 0.0723 e. The van der Waals surface area contributed by atoms with Crippen LogP contribution in [-0.2, 0) is 11.3 Å². The second-order valence-corrected chi connectivity index (χ2v) is 5.06. The minimum absolute atomic E-state index is 0.369. The monoisotopic (exact) mass is 233 g/mol. The van der Waals surface area contributed by atoms with Crippen LogP contribution in [0.2, 0.25) is 0 Å². The zero-order valence-electron chi connectivity index (χ0n) is 10.7. The van der Waals surface area contributed by atoms with E-state index in [1.807, 2.05) is 0 Å². The Balaban J connectivity index is 1.90. The minimum Gasteiger partial charge on any atom is -0.373 e. The van der Waals surface area contributed by atoms with Crippen molar-refractivity contribution in [2.24, 2.45) is 11.7 Å². The van der Waals surface area contributed by atoms with Gasteiger partial charge in [-0.3, -0.25) is 0 Å². The third kappa shape index (κ3) is 3.30. The summed E-state index contributed by atoms with van der Waals surface area (Å²) in [7, 11) is 0. The van der Waals surface area contributed by atoms with Crippen molar-refractivity contribution >= 4 is 0 Å². The van der Waals surface area contributed by atoms with Gasteiger partial charge in [-0.05, 0) is 43.4 Å². The molecule has 0 saturated heterocycles. The molecule has 1 aliphatic carbocycles. The lowest BCUT2D eigenvalue weighted by atomic mass is 9.86. The van der Waals surface area contributed by atoms with Crippen LogP contribution in [0.15, 0.2) is 24.3 Å². The van der Waals surface area contributed by atoms with Crippen LogP contribution in [0.1, 0.15) is 36.8 Å². The molecule has 2 nitrogen and oxygen atoms in total. The Hall–Kier alpha value is -0.860. The molecule has 17 heavy (non-hydrogen) atoms. The van der Waals surface area contributed by atoms with Gasteiger partial charge in [0.2, 0.25) is 0 Å². The largest absolute Gasteiger partial charge is 0.373 e. The quantitative estimate of drug-likeness (QED) is 0.867. The average molecular weight is 233 g/mol. The summed E-state index contributed by atoms with van der Waals surface area (Å²) in [5, 5.41) is 0. The minimum atomic E-state index is 0.369. The molecule has 0 heterocycles. The van der Waals surface area contributed by atoms with E-state index in [1.165, 1.54) is 36.8 Å². The third-order valence-electron chi connectivity index (χ3n) is 3.86. The zero-order chi connectivity index (χ0) is 12.1. The van der Waals surface area contributed by atoms with Crippen molar-refractivity contribution in [3.8, 4) is 0 Å². The van der Waals surface area contributed by atoms with Crippen LogP contribution in [0.25, 0.3) is 0 Å². The lowest BCUT2D eigenvalue weighted by molar-refractivity contribution is -0.0184. The maximum atomic E-state index is 6.07. The van der Waals surface area contributed by atoms with E-state index < -0.39 is 0 Å². The van der Waals surface area contributed by atoms with Gasteiger partial charge < -0.3 is 10.5 Å². The van der Waals surface area contributed by atoms with Gasteiger partial charge in [0, 0.05) is 0 Å². The molecule has 1 saturated carbocycles. The molecule has 1 aliphatic rings. The van der Waals surface area contributed by atoms with Crippen molar-refractivity contribution in [2.45, 2.75) is 45.3 Å². The van der Waals surface area contributed by atoms with Gasteiger partial charge in [-0.1, -0.05) is 37.1 Å². The summed E-state index contributed by atoms with van der Waals surface area (Å²) >= 11 is 0. The fourth-order valence-corrected chi connectivity index (χ4v) is 2.63. The van der Waals surface area contributed by atoms with Crippen LogP contribution < -0.4 is 5.73 Å². The summed E-state index contributed by atoms with van der Waals surface area (Å²) in [6.07, 6.45) is 5.37. The number of aryl methyl sites for hydroxylation is 1. The normalized spacial score (nSPS) is 24.8. The van der Waals surface area contributed by atoms with Gasteiger partial charge >= 0.3 is 0 Å². The van der Waals surface area contributed by atoms with Crippen LogP contribution in [0.5, 0.6) is 0 Å². The zero-order valence-corrected chi connectivity index (χ0v) is 10.7. The second kappa shape index (κ2) is 6.18. The van der Waals surface area contributed by atoms with E-state index in [4.69, 9.17) is 10.5 Å². The first-order chi connectivity index (χ1) is 8.31. The first-order valence-corrected chi connectivity index (χ1v) is 6.67. The first-order valence-electron chi connectivity index (χ1n) is 6.67. The van der Waals surface area contributed by atoms with Crippen LogP contribution >= 0.6 is 0 Å². The summed E-state index contributed by atoms with van der Waals surface area (Å²) in [4.78, 5) is 0. The lowest BCUT2D eigenvalue weighted by Gasteiger charge is -2.30. The molecule has 2 unspecified atom stereocenters. The smallest absolute Gasteiger partial charge is 0.0723 e. The topological polar surface area (TPSA) is 35.2 Å². The number of hydrogen-bond acceptors (Lipinski definition) is 2. The van der Waals surface area contributed by atoms with Crippen LogP contribution in [0.3, 0.4) is 0 Å². The summed E-state index contributed by atoms with van der Waals surface area (Å²) in [5.41, 5.74) is 8.42. The van der Waals surface area contributed by atoms with Crippen molar-refractivity contribution in [2.75, 3.05) is 6.54 Å². The van der Waals surface area contributed by atoms with Gasteiger partial charge in [-0.15, -0.1) is 0 Å². The molecule has 0 radical (unpaired) electrons. The van der Waals surface area contributed by atoms with Crippen molar-refractivity contribution in [3.63, 3.8) is 0 Å². The Kier molecular flexibility index (Phi) is 4.57. The van der Waals surface area contributed by atoms with Crippen molar-refractivity contribution in [1.29, 1.82) is 0 Å². The highest BCUT2D eigenvalue weighted by molar-refractivity contribution is 5.24. The summed E-state index contributed by atoms with van der Waals surface area (Å²) in [6.45, 7) is 3.63. The van der Waals surface area contributed by atoms with Gasteiger partial charge in [0.25, 0.3) is 0 Å². The van der Waals surface area contributed by atoms with Crippen LogP contribution in [0.4, 0.5) is 0 Å². The highest BCUT2D eigenvalue weighted by Crippen LogP contribution is 2.27. The number of ether oxygens (including phenoxy) is 1. The molecular formula is C15H23NO. The maximum absolute atomic E-state index is 6.07. The molecule has 2 rings (SSSR count). The highest BCUT2D eigenvalue weighted by atomic mass is 16.5. The predicted molar refractivity (Wildman–Crippen MR) is 70.8 cm³/mol. The molecular weight excluding hydrogens is 210 g/mol. The summed E-state index contributed by atoms with van der Waals surface area (Å²) in [6, 6.07) is 8.44. The van der Waals surface area contributed by atoms with Gasteiger partial charge in [-0.2, -0.15) is 0 Å². The number of hydrogen-bond donors (Lipinski definition) is 1. The van der Waals surface area contributed by atoms with Gasteiger partial charge in [0.15, 0.2) is 0 Å². The average Bonchev–Trinajstić information content (AvgIpc) is 2.38. The van der Waals surface area contributed by atoms with Crippen molar-refractivity contribution in [1.82, 2.24) is 0 Å². The van der Waals surface area contributed by atoms with Crippen molar-refractivity contribution in [3.05, 3.63) is 35.4 Å². The van der Waals surface area contributed by atoms with E-state index in [0.29, 0.717) is 12.0 Å². The molecule has 1 aromatic carbocycles. The summed E-state index contributed by atoms with van der Waals surface area (Å²) < 4.78 is 6.07. The SMILES string of the molecule is Cc1ccccc1COC1CCCCC1CN. The van der Waals surface area contributed by atoms with E-state index in [1.54, 1.807) is 0 Å². The number of nitrogens with two attached hydrogens (primary N) is 1. The Morgan fingerprint density at radius 1 is 1.24 bits per heavy atom. The third-order valence-corrected chi connectivity index (χ3v) is 3.86. The van der Waals surface area contributed by atoms with Gasteiger partial charge in [0.05, 0.1) is 12.7 Å². The molecule has 2 atom stereocenters. The van der Waals surface area contributed by atoms with Crippen LogP contribution in [-0.4, -0.2) is 12.6 Å². The summed E-state index contributed by atoms with van der Waals surface area (Å²) in [5.74, 6) is 0.563. The lowest BCUT2D eigenvalue weighted by Crippen LogP contribution is -2.33. The Bertz CT molecular complexity index is 351. The van der Waals surface area contributed by atoms with Gasteiger partial charge in [-0.25, -0.2) is 0 Å². The van der Waals surface area contributed by atoms with Gasteiger partial charge in [0.1, 0.15) is 0 Å². The molecule has 1 aromatic rings. The van der Waals surface area contributed by atoms with Crippen LogP contribution in [0, 0.1) is 12.8 Å². The fourth-order valence-electron chi connectivity index (χ4n) is 2.63. The molecule has 0 aromatic heterocycles. The second-order valence-electron chi connectivity index (χ2n) is 5.06. The van der Waals surface area contributed by atoms with E-state index in [0.717, 1.165) is 13.2 Å². The van der Waals surface area contributed by atoms with E-state index >= 15 is 0 Å². The molecule has 2 heteroatoms. The Morgan fingerprint density at radius 2 is 2.00 bits per heavy atom. The van der Waals surface area contributed by atoms with Crippen molar-refractivity contribution < 1.29 is 4.74 Å². The van der Waals surface area contributed by atoms with E-state index in [-0.39, 0.29) is 0 Å². The molecule has 94 valence electrons. The number of rotatable bonds is 4. The number of benzene rings is 1. The first kappa shape index (κ1) is 12.6. The standard InChI is InChI=1S/C15H23NO/c1-12-6-2-3-8-14(12)11-17-15-9-5-4-7-13(15)10-16/h2-3,6,8,13,15H,4-5,7,9-11,16H2,1H3. The molecule has 0 amide bonds. The van der Waals surface area contributed by atoms with E-state index in [9.17, 15) is 0 Å². The molecule has 0 bridgehead atoms. The molecule has 2 N–H and O–H groups in total. The van der Waals surface area contributed by atoms with E-state index in [2.05, 4.69) is 31.2 Å². The molecule has 1 fully saturated rings. The highest BCUT2D eigenvalue weighted by Gasteiger charge is 2.24. The Labute approximate surface area is 104 Å². The molecule has 0 aliphatic heterocycles. The fraction of sp³-hybridized carbons (Fsp3) is 0.600. The Morgan fingerprint density at radius 3 is 2.76 bits per heavy atom. The molecule has 0 spiro atoms.